The molecule has 0 spiro atoms. The maximum Gasteiger partial charge on any atom is 0.0237 e. The highest BCUT2D eigenvalue weighted by Gasteiger charge is 2.20. The first-order chi connectivity index (χ1) is 11.2. The average molecular weight is 305 g/mol. The highest BCUT2D eigenvalue weighted by molar-refractivity contribution is 5.87. The van der Waals surface area contributed by atoms with Crippen molar-refractivity contribution in [1.82, 2.24) is 5.32 Å². The minimum absolute atomic E-state index is 0.433. The number of hydrogen-bond donors (Lipinski definition) is 1. The van der Waals surface area contributed by atoms with Crippen LogP contribution in [0.25, 0.3) is 10.8 Å². The van der Waals surface area contributed by atoms with Gasteiger partial charge in [0.15, 0.2) is 0 Å². The molecule has 120 valence electrons. The van der Waals surface area contributed by atoms with Gasteiger partial charge < -0.3 is 5.32 Å². The zero-order valence-corrected chi connectivity index (χ0v) is 14.5. The van der Waals surface area contributed by atoms with Gasteiger partial charge in [-0.15, -0.1) is 0 Å². The molecule has 0 saturated carbocycles. The first-order valence-corrected chi connectivity index (χ1v) is 8.78. The zero-order valence-electron chi connectivity index (χ0n) is 14.5. The van der Waals surface area contributed by atoms with Crippen LogP contribution in [0.15, 0.2) is 59.7 Å². The molecular formula is C22H27N. The molecule has 1 atom stereocenters. The van der Waals surface area contributed by atoms with E-state index >= 15 is 0 Å². The number of hydrogen-bond acceptors (Lipinski definition) is 1. The SMILES string of the molecule is CCCCNCc1c(C2C=C(C)C=C2C)ccc2ccccc12. The van der Waals surface area contributed by atoms with Crippen LogP contribution in [0.4, 0.5) is 0 Å². The Morgan fingerprint density at radius 2 is 1.87 bits per heavy atom. The van der Waals surface area contributed by atoms with Crippen LogP contribution >= 0.6 is 0 Å². The van der Waals surface area contributed by atoms with Crippen molar-refractivity contribution in [1.29, 1.82) is 0 Å². The summed E-state index contributed by atoms with van der Waals surface area (Å²) in [7, 11) is 0. The van der Waals surface area contributed by atoms with Crippen molar-refractivity contribution in [3.05, 3.63) is 70.8 Å². The predicted molar refractivity (Wildman–Crippen MR) is 101 cm³/mol. The fraction of sp³-hybridized carbons (Fsp3) is 0.364. The van der Waals surface area contributed by atoms with Gasteiger partial charge in [0, 0.05) is 12.5 Å². The van der Waals surface area contributed by atoms with Gasteiger partial charge in [-0.3, -0.25) is 0 Å². The van der Waals surface area contributed by atoms with E-state index in [0.717, 1.165) is 13.1 Å². The molecule has 0 amide bonds. The lowest BCUT2D eigenvalue weighted by Gasteiger charge is -2.19. The fourth-order valence-electron chi connectivity index (χ4n) is 3.58. The van der Waals surface area contributed by atoms with Gasteiger partial charge in [0.05, 0.1) is 0 Å². The molecule has 0 saturated heterocycles. The van der Waals surface area contributed by atoms with E-state index in [1.165, 1.54) is 45.9 Å². The number of nitrogens with one attached hydrogen (secondary N) is 1. The summed E-state index contributed by atoms with van der Waals surface area (Å²) in [6.07, 6.45) is 7.19. The maximum atomic E-state index is 3.64. The predicted octanol–water partition coefficient (Wildman–Crippen LogP) is 5.72. The van der Waals surface area contributed by atoms with E-state index < -0.39 is 0 Å². The third-order valence-electron chi connectivity index (χ3n) is 4.80. The number of allylic oxidation sites excluding steroid dienone is 4. The maximum absolute atomic E-state index is 3.64. The highest BCUT2D eigenvalue weighted by atomic mass is 14.8. The second-order valence-electron chi connectivity index (χ2n) is 6.66. The molecule has 1 nitrogen and oxygen atoms in total. The third-order valence-corrected chi connectivity index (χ3v) is 4.80. The van der Waals surface area contributed by atoms with Gasteiger partial charge in [-0.05, 0) is 48.7 Å². The van der Waals surface area contributed by atoms with Gasteiger partial charge in [-0.2, -0.15) is 0 Å². The summed E-state index contributed by atoms with van der Waals surface area (Å²) in [5, 5.41) is 6.37. The number of rotatable bonds is 6. The molecule has 1 aliphatic carbocycles. The zero-order chi connectivity index (χ0) is 16.2. The monoisotopic (exact) mass is 305 g/mol. The van der Waals surface area contributed by atoms with Crippen LogP contribution in [0, 0.1) is 0 Å². The van der Waals surface area contributed by atoms with Crippen molar-refractivity contribution in [3.8, 4) is 0 Å². The summed E-state index contributed by atoms with van der Waals surface area (Å²) >= 11 is 0. The molecule has 3 rings (SSSR count). The van der Waals surface area contributed by atoms with E-state index in [-0.39, 0.29) is 0 Å². The molecule has 0 bridgehead atoms. The van der Waals surface area contributed by atoms with E-state index in [1.54, 1.807) is 0 Å². The van der Waals surface area contributed by atoms with Crippen molar-refractivity contribution in [3.63, 3.8) is 0 Å². The second kappa shape index (κ2) is 7.14. The number of benzene rings is 2. The van der Waals surface area contributed by atoms with Gasteiger partial charge in [0.1, 0.15) is 0 Å². The third kappa shape index (κ3) is 3.40. The normalized spacial score (nSPS) is 17.4. The van der Waals surface area contributed by atoms with Crippen LogP contribution in [-0.2, 0) is 6.54 Å². The summed E-state index contributed by atoms with van der Waals surface area (Å²) < 4.78 is 0. The van der Waals surface area contributed by atoms with E-state index in [9.17, 15) is 0 Å². The lowest BCUT2D eigenvalue weighted by atomic mass is 9.87. The van der Waals surface area contributed by atoms with Crippen molar-refractivity contribution in [2.75, 3.05) is 6.54 Å². The molecule has 1 N–H and O–H groups in total. The second-order valence-corrected chi connectivity index (χ2v) is 6.66. The smallest absolute Gasteiger partial charge is 0.0237 e. The largest absolute Gasteiger partial charge is 0.313 e. The van der Waals surface area contributed by atoms with Gasteiger partial charge >= 0.3 is 0 Å². The van der Waals surface area contributed by atoms with Crippen molar-refractivity contribution in [2.45, 2.75) is 46.1 Å². The van der Waals surface area contributed by atoms with E-state index in [0.29, 0.717) is 5.92 Å². The van der Waals surface area contributed by atoms with E-state index in [2.05, 4.69) is 74.6 Å². The summed E-state index contributed by atoms with van der Waals surface area (Å²) in [5.74, 6) is 0.433. The van der Waals surface area contributed by atoms with E-state index in [1.807, 2.05) is 0 Å². The molecule has 0 aliphatic heterocycles. The Balaban J connectivity index is 2.01. The molecule has 1 heteroatoms. The Hall–Kier alpha value is -1.86. The summed E-state index contributed by atoms with van der Waals surface area (Å²) in [4.78, 5) is 0. The Kier molecular flexibility index (Phi) is 4.97. The van der Waals surface area contributed by atoms with Crippen molar-refractivity contribution in [2.24, 2.45) is 0 Å². The summed E-state index contributed by atoms with van der Waals surface area (Å²) in [5.41, 5.74) is 5.75. The molecule has 0 radical (unpaired) electrons. The number of unbranched alkanes of at least 4 members (excludes halogenated alkanes) is 1. The van der Waals surface area contributed by atoms with Crippen LogP contribution in [0.3, 0.4) is 0 Å². The molecule has 1 aliphatic rings. The van der Waals surface area contributed by atoms with E-state index in [4.69, 9.17) is 0 Å². The fourth-order valence-corrected chi connectivity index (χ4v) is 3.58. The number of fused-ring (bicyclic) bond motifs is 1. The lowest BCUT2D eigenvalue weighted by molar-refractivity contribution is 0.640. The standard InChI is InChI=1S/C22H27N/c1-4-5-12-23-15-22-19-9-7-6-8-18(19)10-11-20(22)21-14-16(2)13-17(21)3/h6-11,13-14,21,23H,4-5,12,15H2,1-3H3. The molecule has 23 heavy (non-hydrogen) atoms. The summed E-state index contributed by atoms with van der Waals surface area (Å²) in [6.45, 7) is 8.73. The van der Waals surface area contributed by atoms with Gasteiger partial charge in [-0.25, -0.2) is 0 Å². The molecule has 2 aromatic carbocycles. The molecule has 0 fully saturated rings. The first kappa shape index (κ1) is 16.0. The Morgan fingerprint density at radius 3 is 2.61 bits per heavy atom. The minimum atomic E-state index is 0.433. The minimum Gasteiger partial charge on any atom is -0.313 e. The Morgan fingerprint density at radius 1 is 1.04 bits per heavy atom. The molecule has 2 aromatic rings. The topological polar surface area (TPSA) is 12.0 Å². The van der Waals surface area contributed by atoms with Gasteiger partial charge in [-0.1, -0.05) is 73.0 Å². The Bertz CT molecular complexity index is 752. The lowest BCUT2D eigenvalue weighted by Crippen LogP contribution is -2.16. The van der Waals surface area contributed by atoms with Gasteiger partial charge in [0.2, 0.25) is 0 Å². The highest BCUT2D eigenvalue weighted by Crippen LogP contribution is 2.37. The summed E-state index contributed by atoms with van der Waals surface area (Å²) in [6, 6.07) is 13.4. The first-order valence-electron chi connectivity index (χ1n) is 8.78. The average Bonchev–Trinajstić information content (AvgIpc) is 2.89. The van der Waals surface area contributed by atoms with Crippen LogP contribution in [-0.4, -0.2) is 6.54 Å². The van der Waals surface area contributed by atoms with Crippen LogP contribution < -0.4 is 5.32 Å². The van der Waals surface area contributed by atoms with Gasteiger partial charge in [0.25, 0.3) is 0 Å². The van der Waals surface area contributed by atoms with Crippen molar-refractivity contribution < 1.29 is 0 Å². The van der Waals surface area contributed by atoms with Crippen LogP contribution in [0.1, 0.15) is 50.7 Å². The van der Waals surface area contributed by atoms with Crippen LogP contribution in [0.2, 0.25) is 0 Å². The quantitative estimate of drug-likeness (QED) is 0.673. The molecule has 1 unspecified atom stereocenters. The molecular weight excluding hydrogens is 278 g/mol. The molecule has 0 heterocycles. The van der Waals surface area contributed by atoms with Crippen LogP contribution in [0.5, 0.6) is 0 Å². The molecule has 0 aromatic heterocycles. The van der Waals surface area contributed by atoms with Crippen molar-refractivity contribution >= 4 is 10.8 Å². The Labute approximate surface area is 140 Å².